The van der Waals surface area contributed by atoms with Gasteiger partial charge < -0.3 is 14.5 Å². The second kappa shape index (κ2) is 7.51. The molecule has 1 aliphatic carbocycles. The molecule has 2 rings (SSSR count). The van der Waals surface area contributed by atoms with Crippen LogP contribution in [-0.4, -0.2) is 13.2 Å². The average molecular weight is 263 g/mol. The van der Waals surface area contributed by atoms with Crippen LogP contribution in [0.1, 0.15) is 38.2 Å². The standard InChI is InChI=1S/C16H25NO2/c1-3-17-10-15-8-9-16(19-15)12-18-11-14-7-5-4-6-13(14)2/h4-5,8-9,13-14,17H,3,6-7,10-12H2,1-2H3. The second-order valence-electron chi connectivity index (χ2n) is 5.34. The summed E-state index contributed by atoms with van der Waals surface area (Å²) in [7, 11) is 0. The fourth-order valence-electron chi connectivity index (χ4n) is 2.39. The van der Waals surface area contributed by atoms with Crippen molar-refractivity contribution >= 4 is 0 Å². The van der Waals surface area contributed by atoms with Crippen molar-refractivity contribution in [1.82, 2.24) is 5.32 Å². The summed E-state index contributed by atoms with van der Waals surface area (Å²) >= 11 is 0. The Bertz CT molecular complexity index is 397. The normalized spacial score (nSPS) is 22.8. The minimum atomic E-state index is 0.582. The summed E-state index contributed by atoms with van der Waals surface area (Å²) in [6.07, 6.45) is 6.88. The van der Waals surface area contributed by atoms with Crippen molar-refractivity contribution in [2.75, 3.05) is 13.2 Å². The fraction of sp³-hybridized carbons (Fsp3) is 0.625. The molecule has 1 N–H and O–H groups in total. The Hall–Kier alpha value is -1.06. The van der Waals surface area contributed by atoms with E-state index in [0.29, 0.717) is 12.5 Å². The maximum atomic E-state index is 5.80. The van der Waals surface area contributed by atoms with Gasteiger partial charge in [0.05, 0.1) is 13.2 Å². The van der Waals surface area contributed by atoms with Crippen LogP contribution in [0.15, 0.2) is 28.7 Å². The highest BCUT2D eigenvalue weighted by Crippen LogP contribution is 2.25. The SMILES string of the molecule is CCNCc1ccc(COCC2CC=CCC2C)o1. The molecule has 3 heteroatoms. The molecule has 106 valence electrons. The summed E-state index contributed by atoms with van der Waals surface area (Å²) in [5.74, 6) is 3.29. The third-order valence-electron chi connectivity index (χ3n) is 3.76. The van der Waals surface area contributed by atoms with E-state index in [4.69, 9.17) is 9.15 Å². The third kappa shape index (κ3) is 4.51. The van der Waals surface area contributed by atoms with E-state index in [2.05, 4.69) is 31.3 Å². The molecule has 0 bridgehead atoms. The molecule has 2 unspecified atom stereocenters. The van der Waals surface area contributed by atoms with Crippen LogP contribution in [0.5, 0.6) is 0 Å². The molecule has 0 aliphatic heterocycles. The summed E-state index contributed by atoms with van der Waals surface area (Å²) < 4.78 is 11.5. The molecule has 0 amide bonds. The Balaban J connectivity index is 1.70. The maximum absolute atomic E-state index is 5.80. The summed E-state index contributed by atoms with van der Waals surface area (Å²) in [6.45, 7) is 7.56. The first-order valence-electron chi connectivity index (χ1n) is 7.30. The van der Waals surface area contributed by atoms with Crippen molar-refractivity contribution in [1.29, 1.82) is 0 Å². The van der Waals surface area contributed by atoms with Gasteiger partial charge in [0.2, 0.25) is 0 Å². The summed E-state index contributed by atoms with van der Waals surface area (Å²) in [4.78, 5) is 0. The van der Waals surface area contributed by atoms with E-state index < -0.39 is 0 Å². The Morgan fingerprint density at radius 1 is 1.26 bits per heavy atom. The van der Waals surface area contributed by atoms with Crippen LogP contribution in [0.25, 0.3) is 0 Å². The van der Waals surface area contributed by atoms with Gasteiger partial charge in [-0.05, 0) is 43.4 Å². The van der Waals surface area contributed by atoms with E-state index in [1.165, 1.54) is 6.42 Å². The number of allylic oxidation sites excluding steroid dienone is 2. The van der Waals surface area contributed by atoms with Crippen molar-refractivity contribution in [3.8, 4) is 0 Å². The van der Waals surface area contributed by atoms with Gasteiger partial charge in [-0.1, -0.05) is 26.0 Å². The molecule has 0 saturated carbocycles. The minimum absolute atomic E-state index is 0.582. The van der Waals surface area contributed by atoms with Gasteiger partial charge in [-0.15, -0.1) is 0 Å². The number of ether oxygens (including phenoxy) is 1. The molecule has 1 aromatic rings. The largest absolute Gasteiger partial charge is 0.462 e. The van der Waals surface area contributed by atoms with E-state index >= 15 is 0 Å². The van der Waals surface area contributed by atoms with E-state index in [1.807, 2.05) is 12.1 Å². The summed E-state index contributed by atoms with van der Waals surface area (Å²) in [6, 6.07) is 4.03. The van der Waals surface area contributed by atoms with Crippen LogP contribution >= 0.6 is 0 Å². The lowest BCUT2D eigenvalue weighted by Crippen LogP contribution is -2.19. The quantitative estimate of drug-likeness (QED) is 0.764. The fourth-order valence-corrected chi connectivity index (χ4v) is 2.39. The smallest absolute Gasteiger partial charge is 0.129 e. The molecule has 3 nitrogen and oxygen atoms in total. The van der Waals surface area contributed by atoms with Crippen molar-refractivity contribution in [3.05, 3.63) is 35.8 Å². The van der Waals surface area contributed by atoms with Crippen molar-refractivity contribution in [2.45, 2.75) is 39.8 Å². The number of hydrogen-bond donors (Lipinski definition) is 1. The summed E-state index contributed by atoms with van der Waals surface area (Å²) in [5, 5.41) is 3.25. The molecular weight excluding hydrogens is 238 g/mol. The van der Waals surface area contributed by atoms with Crippen molar-refractivity contribution in [2.24, 2.45) is 11.8 Å². The first-order valence-corrected chi connectivity index (χ1v) is 7.30. The van der Waals surface area contributed by atoms with Gasteiger partial charge in [0.25, 0.3) is 0 Å². The van der Waals surface area contributed by atoms with E-state index in [9.17, 15) is 0 Å². The zero-order valence-corrected chi connectivity index (χ0v) is 12.0. The number of furan rings is 1. The van der Waals surface area contributed by atoms with Crippen LogP contribution in [0, 0.1) is 11.8 Å². The van der Waals surface area contributed by atoms with Crippen molar-refractivity contribution < 1.29 is 9.15 Å². The van der Waals surface area contributed by atoms with Gasteiger partial charge in [0.1, 0.15) is 18.1 Å². The van der Waals surface area contributed by atoms with Gasteiger partial charge in [0, 0.05) is 0 Å². The number of nitrogens with one attached hydrogen (secondary N) is 1. The Morgan fingerprint density at radius 2 is 2.05 bits per heavy atom. The van der Waals surface area contributed by atoms with Crippen molar-refractivity contribution in [3.63, 3.8) is 0 Å². The lowest BCUT2D eigenvalue weighted by molar-refractivity contribution is 0.0577. The molecule has 0 radical (unpaired) electrons. The highest BCUT2D eigenvalue weighted by molar-refractivity contribution is 5.06. The predicted octanol–water partition coefficient (Wildman–Crippen LogP) is 3.51. The predicted molar refractivity (Wildman–Crippen MR) is 76.8 cm³/mol. The third-order valence-corrected chi connectivity index (χ3v) is 3.76. The van der Waals surface area contributed by atoms with Crippen LogP contribution in [0.2, 0.25) is 0 Å². The molecule has 1 aliphatic rings. The average Bonchev–Trinajstić information content (AvgIpc) is 2.86. The number of hydrogen-bond acceptors (Lipinski definition) is 3. The maximum Gasteiger partial charge on any atom is 0.129 e. The molecule has 19 heavy (non-hydrogen) atoms. The monoisotopic (exact) mass is 263 g/mol. The van der Waals surface area contributed by atoms with Crippen LogP contribution < -0.4 is 5.32 Å². The van der Waals surface area contributed by atoms with E-state index in [0.717, 1.165) is 43.6 Å². The molecular formula is C16H25NO2. The molecule has 0 spiro atoms. The Labute approximate surface area is 116 Å². The molecule has 0 aromatic carbocycles. The molecule has 1 heterocycles. The van der Waals surface area contributed by atoms with Gasteiger partial charge in [0.15, 0.2) is 0 Å². The van der Waals surface area contributed by atoms with Crippen LogP contribution in [-0.2, 0) is 17.9 Å². The highest BCUT2D eigenvalue weighted by Gasteiger charge is 2.18. The second-order valence-corrected chi connectivity index (χ2v) is 5.34. The van der Waals surface area contributed by atoms with Crippen LogP contribution in [0.4, 0.5) is 0 Å². The molecule has 0 fully saturated rings. The van der Waals surface area contributed by atoms with Gasteiger partial charge >= 0.3 is 0 Å². The summed E-state index contributed by atoms with van der Waals surface area (Å²) in [5.41, 5.74) is 0. The lowest BCUT2D eigenvalue weighted by atomic mass is 9.85. The first-order chi connectivity index (χ1) is 9.29. The zero-order valence-electron chi connectivity index (χ0n) is 12.0. The molecule has 0 saturated heterocycles. The van der Waals surface area contributed by atoms with Gasteiger partial charge in [-0.25, -0.2) is 0 Å². The first kappa shape index (κ1) is 14.4. The molecule has 1 aromatic heterocycles. The highest BCUT2D eigenvalue weighted by atomic mass is 16.5. The topological polar surface area (TPSA) is 34.4 Å². The van der Waals surface area contributed by atoms with Gasteiger partial charge in [-0.3, -0.25) is 0 Å². The molecule has 2 atom stereocenters. The minimum Gasteiger partial charge on any atom is -0.462 e. The van der Waals surface area contributed by atoms with E-state index in [-0.39, 0.29) is 0 Å². The lowest BCUT2D eigenvalue weighted by Gasteiger charge is -2.24. The zero-order chi connectivity index (χ0) is 13.5. The Kier molecular flexibility index (Phi) is 5.67. The van der Waals surface area contributed by atoms with E-state index in [1.54, 1.807) is 0 Å². The number of rotatable bonds is 7. The Morgan fingerprint density at radius 3 is 2.84 bits per heavy atom. The van der Waals surface area contributed by atoms with Crippen LogP contribution in [0.3, 0.4) is 0 Å². The van der Waals surface area contributed by atoms with Gasteiger partial charge in [-0.2, -0.15) is 0 Å².